The summed E-state index contributed by atoms with van der Waals surface area (Å²) in [5, 5.41) is 11.9. The first-order valence-corrected chi connectivity index (χ1v) is 6.10. The Hall–Kier alpha value is -2.77. The molecular weight excluding hydrogens is 279 g/mol. The maximum atomic E-state index is 13.3. The van der Waals surface area contributed by atoms with Crippen LogP contribution < -0.4 is 10.6 Å². The Labute approximate surface area is 119 Å². The molecule has 0 unspecified atom stereocenters. The average Bonchev–Trinajstić information content (AvgIpc) is 2.86. The molecule has 0 aliphatic rings. The van der Waals surface area contributed by atoms with E-state index in [1.54, 1.807) is 13.8 Å². The molecule has 7 nitrogen and oxygen atoms in total. The van der Waals surface area contributed by atoms with Crippen LogP contribution in [-0.2, 0) is 16.1 Å². The van der Waals surface area contributed by atoms with Crippen LogP contribution in [0.3, 0.4) is 0 Å². The summed E-state index contributed by atoms with van der Waals surface area (Å²) in [6.45, 7) is 3.15. The van der Waals surface area contributed by atoms with Crippen molar-refractivity contribution in [3.63, 3.8) is 0 Å². The van der Waals surface area contributed by atoms with Crippen LogP contribution in [0, 0.1) is 19.7 Å². The van der Waals surface area contributed by atoms with Gasteiger partial charge in [0, 0.05) is 12.6 Å². The van der Waals surface area contributed by atoms with E-state index in [4.69, 9.17) is 4.42 Å². The molecule has 1 aromatic heterocycles. The summed E-state index contributed by atoms with van der Waals surface area (Å²) in [5.74, 6) is -1.70. The number of carbonyl (C=O) groups is 2. The van der Waals surface area contributed by atoms with Crippen molar-refractivity contribution in [3.8, 4) is 0 Å². The molecule has 1 heterocycles. The van der Waals surface area contributed by atoms with Crippen molar-refractivity contribution >= 4 is 17.5 Å². The third-order valence-electron chi connectivity index (χ3n) is 2.60. The first-order valence-electron chi connectivity index (χ1n) is 6.10. The molecular formula is C13H13FN4O3. The minimum Gasteiger partial charge on any atom is -0.424 e. The predicted octanol–water partition coefficient (Wildman–Crippen LogP) is 1.08. The second-order valence-corrected chi connectivity index (χ2v) is 4.32. The molecule has 2 aromatic rings. The van der Waals surface area contributed by atoms with Gasteiger partial charge in [0.1, 0.15) is 5.82 Å². The molecule has 0 saturated carbocycles. The number of halogens is 1. The van der Waals surface area contributed by atoms with E-state index in [1.165, 1.54) is 12.1 Å². The highest BCUT2D eigenvalue weighted by atomic mass is 19.1. The zero-order valence-corrected chi connectivity index (χ0v) is 11.4. The molecule has 110 valence electrons. The van der Waals surface area contributed by atoms with E-state index in [1.807, 2.05) is 0 Å². The highest BCUT2D eigenvalue weighted by molar-refractivity contribution is 6.39. The smallest absolute Gasteiger partial charge is 0.313 e. The number of hydrogen-bond donors (Lipinski definition) is 2. The first-order chi connectivity index (χ1) is 9.95. The summed E-state index contributed by atoms with van der Waals surface area (Å²) in [6, 6.07) is 4.15. The van der Waals surface area contributed by atoms with Gasteiger partial charge in [0.25, 0.3) is 0 Å². The van der Waals surface area contributed by atoms with E-state index in [0.29, 0.717) is 11.5 Å². The lowest BCUT2D eigenvalue weighted by Crippen LogP contribution is -2.35. The molecule has 2 N–H and O–H groups in total. The molecule has 2 rings (SSSR count). The molecule has 21 heavy (non-hydrogen) atoms. The summed E-state index contributed by atoms with van der Waals surface area (Å²) in [6.07, 6.45) is 0. The van der Waals surface area contributed by atoms with Gasteiger partial charge in [0.05, 0.1) is 6.54 Å². The van der Waals surface area contributed by atoms with Crippen LogP contribution >= 0.6 is 0 Å². The van der Waals surface area contributed by atoms with E-state index in [0.717, 1.165) is 6.07 Å². The molecule has 0 radical (unpaired) electrons. The molecule has 2 amide bonds. The second-order valence-electron chi connectivity index (χ2n) is 4.32. The van der Waals surface area contributed by atoms with Gasteiger partial charge in [-0.15, -0.1) is 10.2 Å². The highest BCUT2D eigenvalue weighted by Crippen LogP contribution is 2.13. The van der Waals surface area contributed by atoms with Gasteiger partial charge in [-0.05, 0) is 24.6 Å². The molecule has 0 atom stereocenters. The Kier molecular flexibility index (Phi) is 4.27. The molecule has 0 spiro atoms. The van der Waals surface area contributed by atoms with Gasteiger partial charge >= 0.3 is 11.8 Å². The highest BCUT2D eigenvalue weighted by Gasteiger charge is 2.15. The Morgan fingerprint density at radius 2 is 2.00 bits per heavy atom. The number of nitrogens with zero attached hydrogens (tertiary/aromatic N) is 2. The zero-order chi connectivity index (χ0) is 15.4. The average molecular weight is 292 g/mol. The molecule has 0 saturated heterocycles. The SMILES string of the molecule is Cc1nnc(CNC(=O)C(=O)Nc2ccc(C)c(F)c2)o1. The lowest BCUT2D eigenvalue weighted by Gasteiger charge is -2.06. The van der Waals surface area contributed by atoms with Gasteiger partial charge in [0.15, 0.2) is 0 Å². The number of benzene rings is 1. The van der Waals surface area contributed by atoms with Crippen molar-refractivity contribution in [1.29, 1.82) is 0 Å². The van der Waals surface area contributed by atoms with E-state index < -0.39 is 17.6 Å². The molecule has 0 aliphatic heterocycles. The fourth-order valence-corrected chi connectivity index (χ4v) is 1.50. The largest absolute Gasteiger partial charge is 0.424 e. The van der Waals surface area contributed by atoms with Crippen LogP contribution in [0.4, 0.5) is 10.1 Å². The molecule has 0 aliphatic carbocycles. The van der Waals surface area contributed by atoms with Crippen LogP contribution in [0.5, 0.6) is 0 Å². The number of hydrogen-bond acceptors (Lipinski definition) is 5. The number of nitrogens with one attached hydrogen (secondary N) is 2. The van der Waals surface area contributed by atoms with Gasteiger partial charge in [0.2, 0.25) is 11.8 Å². The van der Waals surface area contributed by atoms with Gasteiger partial charge in [-0.25, -0.2) is 4.39 Å². The number of rotatable bonds is 3. The monoisotopic (exact) mass is 292 g/mol. The number of anilines is 1. The minimum absolute atomic E-state index is 0.0602. The van der Waals surface area contributed by atoms with Crippen molar-refractivity contribution in [1.82, 2.24) is 15.5 Å². The fraction of sp³-hybridized carbons (Fsp3) is 0.231. The van der Waals surface area contributed by atoms with Crippen LogP contribution in [0.15, 0.2) is 22.6 Å². The van der Waals surface area contributed by atoms with E-state index in [9.17, 15) is 14.0 Å². The molecule has 0 bridgehead atoms. The fourth-order valence-electron chi connectivity index (χ4n) is 1.50. The number of aryl methyl sites for hydroxylation is 2. The quantitative estimate of drug-likeness (QED) is 0.825. The summed E-state index contributed by atoms with van der Waals surface area (Å²) in [7, 11) is 0. The van der Waals surface area contributed by atoms with Crippen molar-refractivity contribution in [2.45, 2.75) is 20.4 Å². The summed E-state index contributed by atoms with van der Waals surface area (Å²) in [5.41, 5.74) is 0.649. The van der Waals surface area contributed by atoms with E-state index in [-0.39, 0.29) is 18.1 Å². The topological polar surface area (TPSA) is 97.1 Å². The molecule has 1 aromatic carbocycles. The van der Waals surface area contributed by atoms with Crippen LogP contribution in [-0.4, -0.2) is 22.0 Å². The lowest BCUT2D eigenvalue weighted by molar-refractivity contribution is -0.136. The summed E-state index contributed by atoms with van der Waals surface area (Å²) in [4.78, 5) is 23.2. The Morgan fingerprint density at radius 1 is 1.24 bits per heavy atom. The first kappa shape index (κ1) is 14.6. The normalized spacial score (nSPS) is 10.2. The minimum atomic E-state index is -0.908. The Balaban J connectivity index is 1.90. The van der Waals surface area contributed by atoms with Crippen LogP contribution in [0.2, 0.25) is 0 Å². The zero-order valence-electron chi connectivity index (χ0n) is 11.4. The second kappa shape index (κ2) is 6.12. The lowest BCUT2D eigenvalue weighted by atomic mass is 10.2. The standard InChI is InChI=1S/C13H13FN4O3/c1-7-3-4-9(5-10(7)14)16-13(20)12(19)15-6-11-18-17-8(2)21-11/h3-5H,6H2,1-2H3,(H,15,19)(H,16,20). The van der Waals surface area contributed by atoms with Gasteiger partial charge in [-0.3, -0.25) is 9.59 Å². The number of aromatic nitrogens is 2. The van der Waals surface area contributed by atoms with Crippen LogP contribution in [0.25, 0.3) is 0 Å². The summed E-state index contributed by atoms with van der Waals surface area (Å²) >= 11 is 0. The van der Waals surface area contributed by atoms with Crippen molar-refractivity contribution in [2.24, 2.45) is 0 Å². The maximum Gasteiger partial charge on any atom is 0.313 e. The molecule has 8 heteroatoms. The van der Waals surface area contributed by atoms with Gasteiger partial charge in [-0.2, -0.15) is 0 Å². The maximum absolute atomic E-state index is 13.3. The molecule has 0 fully saturated rings. The number of amides is 2. The predicted molar refractivity (Wildman–Crippen MR) is 70.6 cm³/mol. The van der Waals surface area contributed by atoms with Gasteiger partial charge in [-0.1, -0.05) is 6.07 Å². The van der Waals surface area contributed by atoms with E-state index in [2.05, 4.69) is 20.8 Å². The van der Waals surface area contributed by atoms with Crippen molar-refractivity contribution in [2.75, 3.05) is 5.32 Å². The van der Waals surface area contributed by atoms with Crippen molar-refractivity contribution < 1.29 is 18.4 Å². The third kappa shape index (κ3) is 3.85. The Morgan fingerprint density at radius 3 is 2.62 bits per heavy atom. The van der Waals surface area contributed by atoms with Gasteiger partial charge < -0.3 is 15.1 Å². The Bertz CT molecular complexity index is 684. The summed E-state index contributed by atoms with van der Waals surface area (Å²) < 4.78 is 18.4. The van der Waals surface area contributed by atoms with Crippen molar-refractivity contribution in [3.05, 3.63) is 41.4 Å². The number of carbonyl (C=O) groups excluding carboxylic acids is 2. The van der Waals surface area contributed by atoms with Crippen LogP contribution in [0.1, 0.15) is 17.3 Å². The third-order valence-corrected chi connectivity index (χ3v) is 2.60. The van der Waals surface area contributed by atoms with E-state index >= 15 is 0 Å².